The minimum absolute atomic E-state index is 0.00932. The van der Waals surface area contributed by atoms with E-state index >= 15 is 8.78 Å². The van der Waals surface area contributed by atoms with Crippen LogP contribution in [0.1, 0.15) is 30.6 Å². The maximum absolute atomic E-state index is 15.1. The van der Waals surface area contributed by atoms with E-state index in [0.29, 0.717) is 5.56 Å². The normalized spacial score (nSPS) is 18.0. The van der Waals surface area contributed by atoms with Crippen LogP contribution in [0, 0.1) is 11.6 Å². The number of aromatic nitrogens is 1. The summed E-state index contributed by atoms with van der Waals surface area (Å²) < 4.78 is 35.4. The van der Waals surface area contributed by atoms with Crippen LogP contribution in [-0.4, -0.2) is 85.1 Å². The summed E-state index contributed by atoms with van der Waals surface area (Å²) in [5.74, 6) is -2.63. The third-order valence-electron chi connectivity index (χ3n) is 6.58. The van der Waals surface area contributed by atoms with E-state index < -0.39 is 35.8 Å². The first kappa shape index (κ1) is 27.7. The van der Waals surface area contributed by atoms with Crippen molar-refractivity contribution in [1.82, 2.24) is 20.5 Å². The van der Waals surface area contributed by atoms with Gasteiger partial charge in [-0.3, -0.25) is 24.3 Å². The molecule has 2 unspecified atom stereocenters. The largest absolute Gasteiger partial charge is 0.442 e. The number of benzene rings is 1. The molecule has 0 saturated carbocycles. The fourth-order valence-electron chi connectivity index (χ4n) is 4.46. The molecule has 2 aliphatic heterocycles. The van der Waals surface area contributed by atoms with Gasteiger partial charge in [-0.25, -0.2) is 13.6 Å². The van der Waals surface area contributed by atoms with Crippen molar-refractivity contribution in [1.29, 1.82) is 0 Å². The van der Waals surface area contributed by atoms with Gasteiger partial charge in [0.1, 0.15) is 17.8 Å². The van der Waals surface area contributed by atoms with E-state index in [0.717, 1.165) is 17.0 Å². The third-order valence-corrected chi connectivity index (χ3v) is 6.58. The monoisotopic (exact) mass is 544 g/mol. The summed E-state index contributed by atoms with van der Waals surface area (Å²) in [6.45, 7) is 4.17. The molecule has 0 spiro atoms. The van der Waals surface area contributed by atoms with Crippen LogP contribution in [0.25, 0.3) is 0 Å². The maximum Gasteiger partial charge on any atom is 0.414 e. The van der Waals surface area contributed by atoms with Gasteiger partial charge in [-0.1, -0.05) is 6.92 Å². The summed E-state index contributed by atoms with van der Waals surface area (Å²) in [6.07, 6.45) is 1.83. The van der Waals surface area contributed by atoms with Crippen molar-refractivity contribution in [3.8, 4) is 0 Å². The Kier molecular flexibility index (Phi) is 8.57. The van der Waals surface area contributed by atoms with Crippen LogP contribution in [0.4, 0.5) is 25.0 Å². The molecule has 3 heterocycles. The molecule has 13 heteroatoms. The molecule has 4 rings (SSSR count). The first-order valence-electron chi connectivity index (χ1n) is 12.7. The zero-order valence-corrected chi connectivity index (χ0v) is 21.7. The van der Waals surface area contributed by atoms with Crippen molar-refractivity contribution in [3.63, 3.8) is 0 Å². The van der Waals surface area contributed by atoms with Gasteiger partial charge >= 0.3 is 6.09 Å². The van der Waals surface area contributed by atoms with Crippen molar-refractivity contribution in [3.05, 3.63) is 53.9 Å². The lowest BCUT2D eigenvalue weighted by atomic mass is 10.1. The fraction of sp³-hybridized carbons (Fsp3) is 0.423. The summed E-state index contributed by atoms with van der Waals surface area (Å²) in [5.41, 5.74) is 0.0931. The van der Waals surface area contributed by atoms with Gasteiger partial charge in [-0.15, -0.1) is 0 Å². The number of anilines is 2. The zero-order chi connectivity index (χ0) is 28.1. The lowest BCUT2D eigenvalue weighted by molar-refractivity contribution is -0.133. The highest BCUT2D eigenvalue weighted by atomic mass is 19.1. The lowest BCUT2D eigenvalue weighted by Crippen LogP contribution is -2.54. The fourth-order valence-corrected chi connectivity index (χ4v) is 4.46. The topological polar surface area (TPSA) is 124 Å². The van der Waals surface area contributed by atoms with E-state index in [4.69, 9.17) is 4.74 Å². The predicted molar refractivity (Wildman–Crippen MR) is 137 cm³/mol. The molecule has 2 atom stereocenters. The zero-order valence-electron chi connectivity index (χ0n) is 21.7. The van der Waals surface area contributed by atoms with Crippen LogP contribution >= 0.6 is 0 Å². The Balaban J connectivity index is 1.34. The molecule has 0 bridgehead atoms. The smallest absolute Gasteiger partial charge is 0.414 e. The molecule has 0 aliphatic carbocycles. The van der Waals surface area contributed by atoms with Gasteiger partial charge in [0.25, 0.3) is 5.91 Å². The Bertz CT molecular complexity index is 1220. The molecular formula is C26H30F2N6O5. The molecule has 1 aromatic heterocycles. The second-order valence-electron chi connectivity index (χ2n) is 9.28. The summed E-state index contributed by atoms with van der Waals surface area (Å²) in [6, 6.07) is 4.55. The average molecular weight is 545 g/mol. The number of hydrogen-bond donors (Lipinski definition) is 2. The van der Waals surface area contributed by atoms with Crippen LogP contribution in [-0.2, 0) is 14.3 Å². The number of nitrogens with zero attached hydrogens (tertiary/aromatic N) is 4. The Morgan fingerprint density at radius 2 is 1.85 bits per heavy atom. The van der Waals surface area contributed by atoms with Gasteiger partial charge in [0.05, 0.1) is 24.3 Å². The third kappa shape index (κ3) is 6.41. The number of hydrogen-bond acceptors (Lipinski definition) is 7. The maximum atomic E-state index is 15.1. The molecule has 4 amide bonds. The molecule has 2 aliphatic rings. The summed E-state index contributed by atoms with van der Waals surface area (Å²) in [7, 11) is 0. The highest BCUT2D eigenvalue weighted by Crippen LogP contribution is 2.31. The number of rotatable bonds is 8. The Morgan fingerprint density at radius 3 is 2.46 bits per heavy atom. The number of nitrogens with one attached hydrogen (secondary N) is 2. The SMILES string of the molecule is CCC(=O)NCC1CN(c2cc(F)c(N3CCN(C(=O)C(C)NC(=O)c4cccnc4)CC3)c(F)c2)C(=O)O1. The summed E-state index contributed by atoms with van der Waals surface area (Å²) in [4.78, 5) is 57.0. The van der Waals surface area contributed by atoms with Crippen molar-refractivity contribution in [2.45, 2.75) is 32.4 Å². The van der Waals surface area contributed by atoms with Crippen LogP contribution < -0.4 is 20.4 Å². The predicted octanol–water partition coefficient (Wildman–Crippen LogP) is 1.68. The lowest BCUT2D eigenvalue weighted by Gasteiger charge is -2.37. The van der Waals surface area contributed by atoms with Gasteiger partial charge in [-0.2, -0.15) is 0 Å². The number of amides is 4. The van der Waals surface area contributed by atoms with E-state index in [9.17, 15) is 19.2 Å². The second-order valence-corrected chi connectivity index (χ2v) is 9.28. The highest BCUT2D eigenvalue weighted by Gasteiger charge is 2.34. The molecule has 0 radical (unpaired) electrons. The number of ether oxygens (including phenoxy) is 1. The van der Waals surface area contributed by atoms with E-state index in [1.165, 1.54) is 22.2 Å². The van der Waals surface area contributed by atoms with Gasteiger partial charge in [-0.05, 0) is 19.1 Å². The van der Waals surface area contributed by atoms with Gasteiger partial charge in [0.15, 0.2) is 11.6 Å². The number of pyridine rings is 1. The molecule has 208 valence electrons. The van der Waals surface area contributed by atoms with Crippen molar-refractivity contribution in [2.75, 3.05) is 49.1 Å². The van der Waals surface area contributed by atoms with Gasteiger partial charge < -0.3 is 25.2 Å². The first-order chi connectivity index (χ1) is 18.7. The van der Waals surface area contributed by atoms with Gasteiger partial charge in [0, 0.05) is 57.1 Å². The van der Waals surface area contributed by atoms with Crippen LogP contribution in [0.15, 0.2) is 36.7 Å². The minimum atomic E-state index is -0.850. The molecule has 11 nitrogen and oxygen atoms in total. The number of cyclic esters (lactones) is 1. The van der Waals surface area contributed by atoms with Crippen LogP contribution in [0.2, 0.25) is 0 Å². The van der Waals surface area contributed by atoms with E-state index in [1.807, 2.05) is 0 Å². The van der Waals surface area contributed by atoms with E-state index in [-0.39, 0.29) is 68.9 Å². The Labute approximate surface area is 224 Å². The number of carbonyl (C=O) groups excluding carboxylic acids is 4. The van der Waals surface area contributed by atoms with Crippen molar-refractivity contribution in [2.24, 2.45) is 0 Å². The van der Waals surface area contributed by atoms with E-state index in [1.54, 1.807) is 26.0 Å². The molecule has 2 N–H and O–H groups in total. The first-order valence-corrected chi connectivity index (χ1v) is 12.7. The summed E-state index contributed by atoms with van der Waals surface area (Å²) in [5, 5.41) is 5.27. The molecule has 2 fully saturated rings. The van der Waals surface area contributed by atoms with Crippen molar-refractivity contribution < 1.29 is 32.7 Å². The van der Waals surface area contributed by atoms with Crippen LogP contribution in [0.3, 0.4) is 0 Å². The molecule has 39 heavy (non-hydrogen) atoms. The van der Waals surface area contributed by atoms with E-state index in [2.05, 4.69) is 15.6 Å². The second kappa shape index (κ2) is 12.0. The molecular weight excluding hydrogens is 514 g/mol. The quantitative estimate of drug-likeness (QED) is 0.518. The number of piperazine rings is 1. The molecule has 2 aromatic rings. The number of carbonyl (C=O) groups is 4. The minimum Gasteiger partial charge on any atom is -0.442 e. The average Bonchev–Trinajstić information content (AvgIpc) is 3.32. The van der Waals surface area contributed by atoms with Crippen LogP contribution in [0.5, 0.6) is 0 Å². The Morgan fingerprint density at radius 1 is 1.15 bits per heavy atom. The molecule has 2 saturated heterocycles. The molecule has 1 aromatic carbocycles. The highest BCUT2D eigenvalue weighted by molar-refractivity contribution is 5.97. The summed E-state index contributed by atoms with van der Waals surface area (Å²) >= 11 is 0. The van der Waals surface area contributed by atoms with Crippen molar-refractivity contribution >= 4 is 35.2 Å². The van der Waals surface area contributed by atoms with Gasteiger partial charge in [0.2, 0.25) is 11.8 Å². The standard InChI is InChI=1S/C26H30F2N6O5/c1-3-22(35)30-14-19-15-34(26(38)39-19)18-11-20(27)23(21(28)12-18)32-7-9-33(10-8-32)25(37)16(2)31-24(36)17-5-4-6-29-13-17/h4-6,11-13,16,19H,3,7-10,14-15H2,1-2H3,(H,30,35)(H,31,36). The Hall–Kier alpha value is -4.29. The number of halogens is 2.